The molecule has 1 aromatic heterocycles. The summed E-state index contributed by atoms with van der Waals surface area (Å²) in [6, 6.07) is 9.01. The number of ether oxygens (including phenoxy) is 3. The number of carbonyl (C=O) groups excluding carboxylic acids is 1. The Balaban J connectivity index is 1.52. The molecule has 1 saturated heterocycles. The van der Waals surface area contributed by atoms with E-state index in [2.05, 4.69) is 10.3 Å². The Morgan fingerprint density at radius 3 is 2.90 bits per heavy atom. The number of hydrogen-bond donors (Lipinski definition) is 2. The highest BCUT2D eigenvalue weighted by Gasteiger charge is 2.12. The van der Waals surface area contributed by atoms with E-state index in [4.69, 9.17) is 19.9 Å². The van der Waals surface area contributed by atoms with E-state index in [0.29, 0.717) is 22.9 Å². The van der Waals surface area contributed by atoms with Crippen molar-refractivity contribution >= 4 is 5.91 Å². The Morgan fingerprint density at radius 1 is 1.24 bits per heavy atom. The summed E-state index contributed by atoms with van der Waals surface area (Å²) in [6.45, 7) is 3.55. The minimum absolute atomic E-state index is 0.335. The molecule has 2 heterocycles. The Kier molecular flexibility index (Phi) is 7.84. The lowest BCUT2D eigenvalue weighted by molar-refractivity contribution is 0.1000. The smallest absolute Gasteiger partial charge is 0.250 e. The fourth-order valence-corrected chi connectivity index (χ4v) is 3.40. The number of hydrogen-bond acceptors (Lipinski definition) is 6. The first-order chi connectivity index (χ1) is 14.2. The third kappa shape index (κ3) is 6.44. The van der Waals surface area contributed by atoms with E-state index >= 15 is 0 Å². The monoisotopic (exact) mass is 399 g/mol. The second-order valence-corrected chi connectivity index (χ2v) is 7.21. The molecule has 29 heavy (non-hydrogen) atoms. The first-order valence-electron chi connectivity index (χ1n) is 10.0. The minimum Gasteiger partial charge on any atom is -0.493 e. The van der Waals surface area contributed by atoms with Crippen LogP contribution in [0.15, 0.2) is 36.5 Å². The molecule has 2 aromatic rings. The molecule has 3 N–H and O–H groups in total. The number of aromatic nitrogens is 1. The molecular weight excluding hydrogens is 370 g/mol. The molecule has 7 nitrogen and oxygen atoms in total. The van der Waals surface area contributed by atoms with Crippen molar-refractivity contribution < 1.29 is 19.0 Å². The van der Waals surface area contributed by atoms with Crippen LogP contribution in [-0.4, -0.2) is 37.8 Å². The Bertz CT molecular complexity index is 787. The van der Waals surface area contributed by atoms with Crippen LogP contribution in [0.1, 0.15) is 41.6 Å². The second kappa shape index (κ2) is 10.8. The van der Waals surface area contributed by atoms with Crippen molar-refractivity contribution in [2.24, 2.45) is 11.7 Å². The average Bonchev–Trinajstić information content (AvgIpc) is 3.01. The first kappa shape index (κ1) is 21.1. The van der Waals surface area contributed by atoms with Crippen LogP contribution in [0.25, 0.3) is 0 Å². The largest absolute Gasteiger partial charge is 0.493 e. The topological polar surface area (TPSA) is 95.7 Å². The van der Waals surface area contributed by atoms with E-state index < -0.39 is 5.91 Å². The number of primary amides is 1. The average molecular weight is 399 g/mol. The molecule has 7 heteroatoms. The second-order valence-electron chi connectivity index (χ2n) is 7.21. The van der Waals surface area contributed by atoms with E-state index in [1.165, 1.54) is 25.5 Å². The maximum Gasteiger partial charge on any atom is 0.250 e. The van der Waals surface area contributed by atoms with Gasteiger partial charge in [-0.15, -0.1) is 0 Å². The van der Waals surface area contributed by atoms with Crippen molar-refractivity contribution in [3.63, 3.8) is 0 Å². The van der Waals surface area contributed by atoms with Gasteiger partial charge in [0.15, 0.2) is 11.5 Å². The van der Waals surface area contributed by atoms with E-state index in [1.54, 1.807) is 19.2 Å². The summed E-state index contributed by atoms with van der Waals surface area (Å²) in [6.07, 6.45) is 6.16. The maximum atomic E-state index is 11.1. The maximum absolute atomic E-state index is 11.1. The first-order valence-corrected chi connectivity index (χ1v) is 10.0. The Hall–Kier alpha value is -2.64. The van der Waals surface area contributed by atoms with Crippen molar-refractivity contribution in [1.29, 1.82) is 0 Å². The summed E-state index contributed by atoms with van der Waals surface area (Å²) in [5.41, 5.74) is 6.68. The van der Waals surface area contributed by atoms with Gasteiger partial charge in [0.05, 0.1) is 12.7 Å². The SMILES string of the molecule is COc1cc(CNCCC2CCCOCC2)ccc1Oc1ccc(C(N)=O)cn1. The van der Waals surface area contributed by atoms with Gasteiger partial charge in [-0.3, -0.25) is 4.79 Å². The van der Waals surface area contributed by atoms with E-state index in [0.717, 1.165) is 44.2 Å². The molecule has 0 spiro atoms. The van der Waals surface area contributed by atoms with Crippen molar-refractivity contribution in [2.75, 3.05) is 26.9 Å². The number of benzene rings is 1. The van der Waals surface area contributed by atoms with Crippen LogP contribution >= 0.6 is 0 Å². The van der Waals surface area contributed by atoms with Gasteiger partial charge in [-0.2, -0.15) is 0 Å². The molecule has 1 aliphatic heterocycles. The molecule has 1 unspecified atom stereocenters. The molecule has 156 valence electrons. The number of nitrogens with zero attached hydrogens (tertiary/aromatic N) is 1. The molecule has 3 rings (SSSR count). The summed E-state index contributed by atoms with van der Waals surface area (Å²) in [5.74, 6) is 1.79. The van der Waals surface area contributed by atoms with Crippen molar-refractivity contribution in [3.05, 3.63) is 47.7 Å². The normalized spacial score (nSPS) is 16.8. The molecule has 1 atom stereocenters. The predicted molar refractivity (Wildman–Crippen MR) is 110 cm³/mol. The van der Waals surface area contributed by atoms with E-state index in [-0.39, 0.29) is 0 Å². The fourth-order valence-electron chi connectivity index (χ4n) is 3.40. The number of rotatable bonds is 9. The number of nitrogens with one attached hydrogen (secondary N) is 1. The number of methoxy groups -OCH3 is 1. The van der Waals surface area contributed by atoms with Crippen LogP contribution in [-0.2, 0) is 11.3 Å². The highest BCUT2D eigenvalue weighted by atomic mass is 16.5. The van der Waals surface area contributed by atoms with Crippen LogP contribution < -0.4 is 20.5 Å². The summed E-state index contributed by atoms with van der Waals surface area (Å²) in [4.78, 5) is 15.2. The number of carbonyl (C=O) groups is 1. The summed E-state index contributed by atoms with van der Waals surface area (Å²) in [5, 5.41) is 3.51. The molecule has 1 fully saturated rings. The van der Waals surface area contributed by atoms with Gasteiger partial charge in [0, 0.05) is 32.0 Å². The molecule has 0 radical (unpaired) electrons. The number of nitrogens with two attached hydrogens (primary N) is 1. The highest BCUT2D eigenvalue weighted by molar-refractivity contribution is 5.92. The third-order valence-corrected chi connectivity index (χ3v) is 5.09. The van der Waals surface area contributed by atoms with Crippen LogP contribution in [0, 0.1) is 5.92 Å². The minimum atomic E-state index is -0.522. The zero-order valence-corrected chi connectivity index (χ0v) is 16.9. The lowest BCUT2D eigenvalue weighted by Gasteiger charge is -2.14. The fraction of sp³-hybridized carbons (Fsp3) is 0.455. The lowest BCUT2D eigenvalue weighted by atomic mass is 9.97. The molecule has 0 saturated carbocycles. The summed E-state index contributed by atoms with van der Waals surface area (Å²) >= 11 is 0. The van der Waals surface area contributed by atoms with Crippen LogP contribution in [0.2, 0.25) is 0 Å². The molecule has 1 aliphatic rings. The molecule has 1 amide bonds. The van der Waals surface area contributed by atoms with Gasteiger partial charge < -0.3 is 25.3 Å². The number of amides is 1. The Morgan fingerprint density at radius 2 is 2.14 bits per heavy atom. The Labute approximate surface area is 171 Å². The van der Waals surface area contributed by atoms with Crippen molar-refractivity contribution in [1.82, 2.24) is 10.3 Å². The van der Waals surface area contributed by atoms with Gasteiger partial charge in [0.2, 0.25) is 11.8 Å². The van der Waals surface area contributed by atoms with Crippen molar-refractivity contribution in [2.45, 2.75) is 32.2 Å². The van der Waals surface area contributed by atoms with Gasteiger partial charge >= 0.3 is 0 Å². The predicted octanol–water partition coefficient (Wildman–Crippen LogP) is 3.28. The van der Waals surface area contributed by atoms with Crippen molar-refractivity contribution in [3.8, 4) is 17.4 Å². The molecule has 1 aromatic carbocycles. The molecular formula is C22H29N3O4. The van der Waals surface area contributed by atoms with Crippen LogP contribution in [0.5, 0.6) is 17.4 Å². The zero-order valence-electron chi connectivity index (χ0n) is 16.9. The van der Waals surface area contributed by atoms with Gasteiger partial charge in [-0.25, -0.2) is 4.98 Å². The van der Waals surface area contributed by atoms with E-state index in [9.17, 15) is 4.79 Å². The standard InChI is InChI=1S/C22H29N3O4/c1-27-20-13-17(14-24-10-8-16-3-2-11-28-12-9-16)4-6-19(20)29-21-7-5-18(15-25-21)22(23)26/h4-7,13,15-16,24H,2-3,8-12,14H2,1H3,(H2,23,26). The highest BCUT2D eigenvalue weighted by Crippen LogP contribution is 2.31. The van der Waals surface area contributed by atoms with Gasteiger partial charge in [-0.05, 0) is 61.9 Å². The van der Waals surface area contributed by atoms with E-state index in [1.807, 2.05) is 18.2 Å². The third-order valence-electron chi connectivity index (χ3n) is 5.09. The zero-order chi connectivity index (χ0) is 20.5. The molecule has 0 bridgehead atoms. The summed E-state index contributed by atoms with van der Waals surface area (Å²) in [7, 11) is 1.61. The van der Waals surface area contributed by atoms with Crippen LogP contribution in [0.4, 0.5) is 0 Å². The van der Waals surface area contributed by atoms with Crippen LogP contribution in [0.3, 0.4) is 0 Å². The number of pyridine rings is 1. The van der Waals surface area contributed by atoms with Gasteiger partial charge in [0.25, 0.3) is 0 Å². The summed E-state index contributed by atoms with van der Waals surface area (Å²) < 4.78 is 16.8. The quantitative estimate of drug-likeness (QED) is 0.628. The molecule has 0 aliphatic carbocycles. The van der Waals surface area contributed by atoms with Gasteiger partial charge in [0.1, 0.15) is 0 Å². The van der Waals surface area contributed by atoms with Gasteiger partial charge in [-0.1, -0.05) is 6.07 Å². The lowest BCUT2D eigenvalue weighted by Crippen LogP contribution is -2.18.